The fourth-order valence-electron chi connectivity index (χ4n) is 5.32. The van der Waals surface area contributed by atoms with Gasteiger partial charge in [-0.05, 0) is 86.9 Å². The van der Waals surface area contributed by atoms with Crippen LogP contribution in [0.3, 0.4) is 0 Å². The maximum atomic E-state index is 8.62. The molecule has 1 aliphatic heterocycles. The van der Waals surface area contributed by atoms with E-state index >= 15 is 0 Å². The normalized spacial score (nSPS) is 20.5. The lowest BCUT2D eigenvalue weighted by Crippen LogP contribution is -2.45. The van der Waals surface area contributed by atoms with E-state index in [-0.39, 0.29) is 6.10 Å². The average molecular weight is 464 g/mol. The summed E-state index contributed by atoms with van der Waals surface area (Å²) >= 11 is 1.98. The fourth-order valence-corrected chi connectivity index (χ4v) is 6.58. The number of rotatable bonds is 7. The maximum absolute atomic E-state index is 8.62. The molecule has 0 radical (unpaired) electrons. The number of thiophene rings is 1. The van der Waals surface area contributed by atoms with Gasteiger partial charge in [0.1, 0.15) is 5.75 Å². The number of piperidine rings is 1. The van der Waals surface area contributed by atoms with Crippen LogP contribution in [0.1, 0.15) is 48.7 Å². The van der Waals surface area contributed by atoms with Crippen molar-refractivity contribution in [3.8, 4) is 5.75 Å². The molecule has 3 heterocycles. The molecule has 0 saturated carbocycles. The molecule has 174 valence electrons. The zero-order valence-corrected chi connectivity index (χ0v) is 20.7. The number of nitrogens with zero attached hydrogens (tertiary/aromatic N) is 1. The number of H-pyrrole nitrogens is 1. The monoisotopic (exact) mass is 463 g/mol. The number of nitrogens with one attached hydrogen (secondary N) is 1. The summed E-state index contributed by atoms with van der Waals surface area (Å²) in [6.07, 6.45) is 3.18. The molecule has 0 bridgehead atoms. The highest BCUT2D eigenvalue weighted by Gasteiger charge is 2.30. The molecule has 1 fully saturated rings. The largest absolute Gasteiger partial charge is 0.484 e. The summed E-state index contributed by atoms with van der Waals surface area (Å²) < 4.78 is 7.51. The lowest BCUT2D eigenvalue weighted by atomic mass is 9.89. The first kappa shape index (κ1) is 22.5. The van der Waals surface area contributed by atoms with Gasteiger partial charge in [0.25, 0.3) is 0 Å². The van der Waals surface area contributed by atoms with E-state index in [2.05, 4.69) is 67.1 Å². The Morgan fingerprint density at radius 1 is 1.18 bits per heavy atom. The third-order valence-electron chi connectivity index (χ3n) is 7.12. The molecule has 5 rings (SSSR count). The summed E-state index contributed by atoms with van der Waals surface area (Å²) in [6, 6.07) is 17.9. The van der Waals surface area contributed by atoms with E-state index in [0.717, 1.165) is 41.9 Å². The Balaban J connectivity index is 1.18. The zero-order valence-electron chi connectivity index (χ0n) is 19.9. The summed E-state index contributed by atoms with van der Waals surface area (Å²) in [4.78, 5) is 7.39. The molecule has 0 aliphatic carbocycles. The van der Waals surface area contributed by atoms with Gasteiger partial charge in [-0.2, -0.15) is 0 Å². The molecule has 4 nitrogen and oxygen atoms in total. The number of hydrogen-bond donors (Lipinski definition) is 1. The highest BCUT2D eigenvalue weighted by Crippen LogP contribution is 2.39. The Bertz CT molecular complexity index is 1240. The van der Waals surface area contributed by atoms with Crippen LogP contribution in [0.2, 0.25) is 0 Å². The number of ether oxygens (including phenoxy) is 1. The number of aryl methyl sites for hydroxylation is 2. The summed E-state index contributed by atoms with van der Waals surface area (Å²) in [5.41, 5.74) is 3.68. The SMILES string of the molecule is CCc1cccc2sc([C@H]3CCN(C[C@H]([OH2+])COc4cccc5[nH]c(C)cc45)[C@@H](C)C3)cc12. The van der Waals surface area contributed by atoms with E-state index in [9.17, 15) is 0 Å². The summed E-state index contributed by atoms with van der Waals surface area (Å²) in [6.45, 7) is 8.88. The van der Waals surface area contributed by atoms with Gasteiger partial charge in [0.05, 0.1) is 6.54 Å². The first-order chi connectivity index (χ1) is 16.0. The van der Waals surface area contributed by atoms with Crippen molar-refractivity contribution >= 4 is 32.3 Å². The van der Waals surface area contributed by atoms with Gasteiger partial charge in [0, 0.05) is 32.2 Å². The van der Waals surface area contributed by atoms with Gasteiger partial charge in [-0.15, -0.1) is 11.3 Å². The van der Waals surface area contributed by atoms with Crippen LogP contribution >= 0.6 is 11.3 Å². The fraction of sp³-hybridized carbons (Fsp3) is 0.429. The van der Waals surface area contributed by atoms with E-state index in [1.807, 2.05) is 23.5 Å². The van der Waals surface area contributed by atoms with Crippen molar-refractivity contribution in [3.63, 3.8) is 0 Å². The number of likely N-dealkylation sites (tertiary alicyclic amines) is 1. The topological polar surface area (TPSA) is 51.2 Å². The lowest BCUT2D eigenvalue weighted by molar-refractivity contribution is 0.0408. The molecule has 3 N–H and O–H groups in total. The van der Waals surface area contributed by atoms with E-state index in [1.165, 1.54) is 33.4 Å². The van der Waals surface area contributed by atoms with Crippen LogP contribution in [0, 0.1) is 6.92 Å². The van der Waals surface area contributed by atoms with Crippen LogP contribution in [0.4, 0.5) is 0 Å². The van der Waals surface area contributed by atoms with Gasteiger partial charge < -0.3 is 14.8 Å². The van der Waals surface area contributed by atoms with E-state index < -0.39 is 0 Å². The zero-order chi connectivity index (χ0) is 22.9. The summed E-state index contributed by atoms with van der Waals surface area (Å²) in [7, 11) is 0. The molecule has 1 aliphatic rings. The minimum atomic E-state index is -0.254. The van der Waals surface area contributed by atoms with E-state index in [0.29, 0.717) is 18.6 Å². The Hall–Kier alpha value is -2.34. The third kappa shape index (κ3) is 4.68. The Morgan fingerprint density at radius 2 is 2.03 bits per heavy atom. The molecular weight excluding hydrogens is 428 g/mol. The molecule has 2 aromatic heterocycles. The Labute approximate surface area is 200 Å². The molecule has 0 spiro atoms. The van der Waals surface area contributed by atoms with Crippen LogP contribution < -0.4 is 4.74 Å². The first-order valence-electron chi connectivity index (χ1n) is 12.2. The molecule has 3 atom stereocenters. The van der Waals surface area contributed by atoms with Gasteiger partial charge in [-0.25, -0.2) is 0 Å². The van der Waals surface area contributed by atoms with Gasteiger partial charge in [-0.1, -0.05) is 25.1 Å². The minimum absolute atomic E-state index is 0.254. The number of fused-ring (bicyclic) bond motifs is 2. The van der Waals surface area contributed by atoms with Crippen molar-refractivity contribution in [1.82, 2.24) is 9.88 Å². The number of benzene rings is 2. The van der Waals surface area contributed by atoms with Crippen LogP contribution in [0.5, 0.6) is 5.75 Å². The predicted octanol–water partition coefficient (Wildman–Crippen LogP) is 5.99. The molecule has 4 aromatic rings. The Kier molecular flexibility index (Phi) is 6.46. The summed E-state index contributed by atoms with van der Waals surface area (Å²) in [5, 5.41) is 11.2. The highest BCUT2D eigenvalue weighted by atomic mass is 32.1. The van der Waals surface area contributed by atoms with E-state index in [4.69, 9.17) is 9.84 Å². The minimum Gasteiger partial charge on any atom is -0.484 e. The highest BCUT2D eigenvalue weighted by molar-refractivity contribution is 7.19. The first-order valence-corrected chi connectivity index (χ1v) is 13.0. The van der Waals surface area contributed by atoms with Gasteiger partial charge >= 0.3 is 0 Å². The van der Waals surface area contributed by atoms with Crippen molar-refractivity contribution < 1.29 is 9.84 Å². The number of hydrogen-bond acceptors (Lipinski definition) is 3. The summed E-state index contributed by atoms with van der Waals surface area (Å²) in [5.74, 6) is 1.50. The molecule has 2 aromatic carbocycles. The molecule has 1 saturated heterocycles. The second-order valence-corrected chi connectivity index (χ2v) is 10.7. The molecule has 5 heteroatoms. The van der Waals surface area contributed by atoms with E-state index in [1.54, 1.807) is 0 Å². The van der Waals surface area contributed by atoms with Crippen LogP contribution in [-0.2, 0) is 6.42 Å². The van der Waals surface area contributed by atoms with Gasteiger partial charge in [0.15, 0.2) is 6.61 Å². The van der Waals surface area contributed by atoms with Crippen LogP contribution in [-0.4, -0.2) is 46.8 Å². The molecular formula is C28H35N2O2S+. The second-order valence-electron chi connectivity index (χ2n) is 9.57. The maximum Gasteiger partial charge on any atom is 0.201 e. The lowest BCUT2D eigenvalue weighted by Gasteiger charge is -2.37. The third-order valence-corrected chi connectivity index (χ3v) is 8.38. The smallest absolute Gasteiger partial charge is 0.201 e. The molecule has 0 amide bonds. The standard InChI is InChI=1S/C28H34N2O2S/c1-4-20-7-5-10-27-23(20)15-28(33-27)21-11-12-30(19(3)14-21)16-22(31)17-32-26-9-6-8-25-24(26)13-18(2)29-25/h5-10,13,15,19,21-22,29,31H,4,11-12,14,16-17H2,1-3H3/p+1/t19-,21-,22-/m0/s1. The molecule has 33 heavy (non-hydrogen) atoms. The Morgan fingerprint density at radius 3 is 2.85 bits per heavy atom. The molecule has 0 unspecified atom stereocenters. The second kappa shape index (κ2) is 9.49. The number of aromatic amines is 1. The quantitative estimate of drug-likeness (QED) is 0.342. The number of aromatic nitrogens is 1. The van der Waals surface area contributed by atoms with Crippen LogP contribution in [0.15, 0.2) is 48.5 Å². The van der Waals surface area contributed by atoms with Crippen molar-refractivity contribution in [2.45, 2.75) is 58.1 Å². The average Bonchev–Trinajstić information content (AvgIpc) is 3.41. The van der Waals surface area contributed by atoms with Crippen molar-refractivity contribution in [3.05, 3.63) is 64.7 Å². The van der Waals surface area contributed by atoms with Crippen molar-refractivity contribution in [2.75, 3.05) is 19.7 Å². The van der Waals surface area contributed by atoms with Crippen LogP contribution in [0.25, 0.3) is 21.0 Å². The van der Waals surface area contributed by atoms with Gasteiger partial charge in [-0.3, -0.25) is 4.90 Å². The predicted molar refractivity (Wildman–Crippen MR) is 140 cm³/mol. The van der Waals surface area contributed by atoms with Gasteiger partial charge in [0.2, 0.25) is 6.10 Å². The van der Waals surface area contributed by atoms with Crippen molar-refractivity contribution in [2.24, 2.45) is 0 Å². The van der Waals surface area contributed by atoms with Crippen molar-refractivity contribution in [1.29, 1.82) is 0 Å².